The Morgan fingerprint density at radius 3 is 2.31 bits per heavy atom. The van der Waals surface area contributed by atoms with Crippen LogP contribution < -0.4 is 38.5 Å². The van der Waals surface area contributed by atoms with Crippen LogP contribution in [0.25, 0.3) is 0 Å². The Labute approximate surface area is 101 Å². The van der Waals surface area contributed by atoms with Gasteiger partial charge in [-0.25, -0.2) is 0 Å². The van der Waals surface area contributed by atoms with Gasteiger partial charge in [0.15, 0.2) is 0 Å². The molecule has 68 valence electrons. The van der Waals surface area contributed by atoms with Crippen molar-refractivity contribution in [2.45, 2.75) is 0 Å². The van der Waals surface area contributed by atoms with Gasteiger partial charge in [0, 0.05) is 7.05 Å². The Bertz CT molecular complexity index is 343. The van der Waals surface area contributed by atoms with E-state index in [1.54, 1.807) is 30.3 Å². The first-order valence-corrected chi connectivity index (χ1v) is 4.73. The number of benzene rings is 1. The Balaban J connectivity index is 0. The maximum atomic E-state index is 10.8. The summed E-state index contributed by atoms with van der Waals surface area (Å²) < 4.78 is 28.3. The van der Waals surface area contributed by atoms with Crippen LogP contribution in [0.1, 0.15) is 1.43 Å². The first kappa shape index (κ1) is 12.9. The van der Waals surface area contributed by atoms with Crippen molar-refractivity contribution >= 4 is 10.3 Å². The first-order chi connectivity index (χ1) is 5.64. The average molecular weight is 211 g/mol. The fraction of sp³-hybridized carbons (Fsp3) is 0.143. The molecule has 0 aromatic heterocycles. The molecule has 0 amide bonds. The zero-order valence-electron chi connectivity index (χ0n) is 8.52. The fourth-order valence-electron chi connectivity index (χ4n) is 0.644. The van der Waals surface area contributed by atoms with Gasteiger partial charge in [0.25, 0.3) is 0 Å². The molecular weight excluding hydrogens is 201 g/mol. The molecule has 0 saturated carbocycles. The minimum atomic E-state index is -3.62. The van der Waals surface area contributed by atoms with E-state index in [2.05, 4.69) is 4.18 Å². The maximum Gasteiger partial charge on any atom is 1.00 e. The van der Waals surface area contributed by atoms with E-state index in [9.17, 15) is 8.42 Å². The van der Waals surface area contributed by atoms with E-state index in [-0.39, 0.29) is 31.0 Å². The van der Waals surface area contributed by atoms with Crippen LogP contribution in [0.15, 0.2) is 30.3 Å². The molecule has 6 heteroatoms. The molecule has 0 aliphatic rings. The second-order valence-electron chi connectivity index (χ2n) is 2.05. The van der Waals surface area contributed by atoms with Crippen molar-refractivity contribution in [1.82, 2.24) is 4.72 Å². The third-order valence-corrected chi connectivity index (χ3v) is 2.11. The summed E-state index contributed by atoms with van der Waals surface area (Å²) in [4.78, 5) is 0. The molecule has 0 fully saturated rings. The van der Waals surface area contributed by atoms with Gasteiger partial charge in [0.2, 0.25) is 0 Å². The minimum absolute atomic E-state index is 0. The quantitative estimate of drug-likeness (QED) is 0.569. The summed E-state index contributed by atoms with van der Waals surface area (Å²) >= 11 is 0. The molecule has 13 heavy (non-hydrogen) atoms. The van der Waals surface area contributed by atoms with Crippen molar-refractivity contribution in [2.24, 2.45) is 0 Å². The van der Waals surface area contributed by atoms with Crippen molar-refractivity contribution in [1.29, 1.82) is 0 Å². The summed E-state index contributed by atoms with van der Waals surface area (Å²) in [6.07, 6.45) is 0. The van der Waals surface area contributed by atoms with Crippen LogP contribution in [0.3, 0.4) is 0 Å². The Morgan fingerprint density at radius 2 is 1.85 bits per heavy atom. The molecule has 1 N–H and O–H groups in total. The molecule has 0 radical (unpaired) electrons. The van der Waals surface area contributed by atoms with Gasteiger partial charge in [-0.3, -0.25) is 0 Å². The van der Waals surface area contributed by atoms with E-state index in [1.807, 2.05) is 4.72 Å². The van der Waals surface area contributed by atoms with E-state index >= 15 is 0 Å². The number of nitrogens with one attached hydrogen (secondary N) is 1. The summed E-state index contributed by atoms with van der Waals surface area (Å²) in [5, 5.41) is 0. The number of rotatable bonds is 3. The van der Waals surface area contributed by atoms with Gasteiger partial charge in [-0.1, -0.05) is 18.2 Å². The van der Waals surface area contributed by atoms with Crippen LogP contribution in [0.2, 0.25) is 0 Å². The van der Waals surface area contributed by atoms with Gasteiger partial charge in [-0.15, -0.1) is 0 Å². The van der Waals surface area contributed by atoms with Crippen molar-refractivity contribution in [3.8, 4) is 5.75 Å². The molecule has 0 heterocycles. The molecule has 0 saturated heterocycles. The summed E-state index contributed by atoms with van der Waals surface area (Å²) in [5.74, 6) is 0.298. The zero-order chi connectivity index (χ0) is 9.03. The third kappa shape index (κ3) is 4.64. The molecule has 0 aliphatic heterocycles. The number of hydrogen-bond acceptors (Lipinski definition) is 3. The van der Waals surface area contributed by atoms with Crippen LogP contribution >= 0.6 is 0 Å². The van der Waals surface area contributed by atoms with Crippen molar-refractivity contribution in [3.63, 3.8) is 0 Å². The average Bonchev–Trinajstić information content (AvgIpc) is 2.06. The monoisotopic (exact) mass is 211 g/mol. The summed E-state index contributed by atoms with van der Waals surface area (Å²) in [5.41, 5.74) is 0. The van der Waals surface area contributed by atoms with E-state index in [0.29, 0.717) is 5.75 Å². The summed E-state index contributed by atoms with van der Waals surface area (Å²) in [7, 11) is -2.33. The standard InChI is InChI=1S/C7H9NO3S.Na.H/c1-8-12(9,10)11-7-5-3-2-4-6-7;;/h2-6,8H,1H3;;/q;+1;-1. The van der Waals surface area contributed by atoms with Crippen LogP contribution in [-0.2, 0) is 10.3 Å². The Kier molecular flexibility index (Phi) is 5.59. The zero-order valence-corrected chi connectivity index (χ0v) is 10.3. The second kappa shape index (κ2) is 5.62. The normalized spacial score (nSPS) is 10.2. The van der Waals surface area contributed by atoms with Gasteiger partial charge < -0.3 is 5.61 Å². The molecule has 1 aromatic carbocycles. The van der Waals surface area contributed by atoms with E-state index < -0.39 is 10.3 Å². The SMILES string of the molecule is CNS(=O)(=O)Oc1ccccc1.[H-].[Na+]. The minimum Gasteiger partial charge on any atom is -1.00 e. The van der Waals surface area contributed by atoms with E-state index in [0.717, 1.165) is 0 Å². The molecule has 0 spiro atoms. The molecule has 0 bridgehead atoms. The predicted octanol–water partition coefficient (Wildman–Crippen LogP) is -2.35. The summed E-state index contributed by atoms with van der Waals surface area (Å²) in [6.45, 7) is 0. The Morgan fingerprint density at radius 1 is 1.31 bits per heavy atom. The summed E-state index contributed by atoms with van der Waals surface area (Å²) in [6, 6.07) is 8.30. The van der Waals surface area contributed by atoms with Gasteiger partial charge in [0.1, 0.15) is 5.75 Å². The largest absolute Gasteiger partial charge is 1.00 e. The number of para-hydroxylation sites is 1. The Hall–Kier alpha value is -0.0700. The molecular formula is C7H10NNaO3S. The fourth-order valence-corrected chi connectivity index (χ4v) is 1.09. The first-order valence-electron chi connectivity index (χ1n) is 3.32. The molecule has 0 atom stereocenters. The van der Waals surface area contributed by atoms with Crippen LogP contribution in [0.5, 0.6) is 5.75 Å². The number of hydrogen-bond donors (Lipinski definition) is 1. The van der Waals surface area contributed by atoms with Crippen LogP contribution in [0, 0.1) is 0 Å². The van der Waals surface area contributed by atoms with Gasteiger partial charge in [-0.05, 0) is 12.1 Å². The molecule has 1 rings (SSSR count). The van der Waals surface area contributed by atoms with E-state index in [1.165, 1.54) is 7.05 Å². The third-order valence-electron chi connectivity index (χ3n) is 1.20. The second-order valence-corrected chi connectivity index (χ2v) is 3.54. The van der Waals surface area contributed by atoms with Crippen molar-refractivity contribution in [2.75, 3.05) is 7.05 Å². The van der Waals surface area contributed by atoms with Gasteiger partial charge >= 0.3 is 39.9 Å². The predicted molar refractivity (Wildman–Crippen MR) is 46.2 cm³/mol. The molecule has 4 nitrogen and oxygen atoms in total. The molecule has 0 aliphatic carbocycles. The smallest absolute Gasteiger partial charge is 1.00 e. The topological polar surface area (TPSA) is 55.4 Å². The van der Waals surface area contributed by atoms with Crippen LogP contribution in [0.4, 0.5) is 0 Å². The maximum absolute atomic E-state index is 10.8. The van der Waals surface area contributed by atoms with Crippen molar-refractivity contribution < 1.29 is 43.6 Å². The van der Waals surface area contributed by atoms with Gasteiger partial charge in [-0.2, -0.15) is 13.1 Å². The van der Waals surface area contributed by atoms with E-state index in [4.69, 9.17) is 0 Å². The molecule has 0 unspecified atom stereocenters. The van der Waals surface area contributed by atoms with Crippen LogP contribution in [-0.4, -0.2) is 15.5 Å². The van der Waals surface area contributed by atoms with Gasteiger partial charge in [0.05, 0.1) is 0 Å². The van der Waals surface area contributed by atoms with Crippen molar-refractivity contribution in [3.05, 3.63) is 30.3 Å². The molecule has 1 aromatic rings.